The fourth-order valence-corrected chi connectivity index (χ4v) is 2.46. The molecule has 112 valence electrons. The number of anilines is 2. The Hall–Kier alpha value is -2.32. The molecule has 0 aliphatic carbocycles. The molecule has 2 rings (SSSR count). The van der Waals surface area contributed by atoms with Gasteiger partial charge in [0.15, 0.2) is 0 Å². The first kappa shape index (κ1) is 15.1. The summed E-state index contributed by atoms with van der Waals surface area (Å²) < 4.78 is 27.8. The number of nitrogens with one attached hydrogen (secondary N) is 1. The monoisotopic (exact) mass is 308 g/mol. The highest BCUT2D eigenvalue weighted by atomic mass is 32.2. The Balaban J connectivity index is 2.16. The summed E-state index contributed by atoms with van der Waals surface area (Å²) in [6.07, 6.45) is 1.66. The lowest BCUT2D eigenvalue weighted by Gasteiger charge is -2.12. The molecule has 0 saturated carbocycles. The van der Waals surface area contributed by atoms with Gasteiger partial charge in [-0.2, -0.15) is 0 Å². The lowest BCUT2D eigenvalue weighted by Crippen LogP contribution is -2.15. The Kier molecular flexibility index (Phi) is 4.29. The number of para-hydroxylation sites is 1. The third kappa shape index (κ3) is 3.61. The Morgan fingerprint density at radius 2 is 2.05 bits per heavy atom. The maximum Gasteiger partial charge on any atom is 0.240 e. The van der Waals surface area contributed by atoms with Gasteiger partial charge in [-0.05, 0) is 17.7 Å². The number of rotatable bonds is 5. The van der Waals surface area contributed by atoms with Gasteiger partial charge in [-0.3, -0.25) is 0 Å². The van der Waals surface area contributed by atoms with E-state index in [1.165, 1.54) is 6.07 Å². The first-order chi connectivity index (χ1) is 9.91. The lowest BCUT2D eigenvalue weighted by molar-refractivity contribution is 0.397. The molecule has 0 radical (unpaired) electrons. The number of hydrogen-bond donors (Lipinski definition) is 3. The van der Waals surface area contributed by atoms with Crippen LogP contribution in [0.4, 0.5) is 11.4 Å². The van der Waals surface area contributed by atoms with Crippen LogP contribution >= 0.6 is 0 Å². The van der Waals surface area contributed by atoms with E-state index in [9.17, 15) is 8.42 Å². The zero-order valence-electron chi connectivity index (χ0n) is 11.4. The van der Waals surface area contributed by atoms with Crippen LogP contribution < -0.4 is 20.9 Å². The molecule has 0 aliphatic heterocycles. The molecule has 0 amide bonds. The van der Waals surface area contributed by atoms with Crippen molar-refractivity contribution in [1.82, 2.24) is 4.98 Å². The van der Waals surface area contributed by atoms with E-state index in [4.69, 9.17) is 15.6 Å². The summed E-state index contributed by atoms with van der Waals surface area (Å²) in [5.41, 5.74) is 7.32. The van der Waals surface area contributed by atoms with Crippen molar-refractivity contribution < 1.29 is 13.2 Å². The van der Waals surface area contributed by atoms with Gasteiger partial charge in [-0.1, -0.05) is 12.1 Å². The van der Waals surface area contributed by atoms with Gasteiger partial charge in [0.05, 0.1) is 18.5 Å². The molecule has 1 aromatic heterocycles. The van der Waals surface area contributed by atoms with Crippen LogP contribution in [0.3, 0.4) is 0 Å². The lowest BCUT2D eigenvalue weighted by atomic mass is 10.2. The second kappa shape index (κ2) is 5.98. The Bertz CT molecular complexity index is 730. The normalized spacial score (nSPS) is 11.1. The fraction of sp³-hybridized carbons (Fsp3) is 0.154. The maximum atomic E-state index is 11.4. The van der Waals surface area contributed by atoms with Gasteiger partial charge >= 0.3 is 0 Å². The molecule has 8 heteroatoms. The Morgan fingerprint density at radius 1 is 1.29 bits per heavy atom. The van der Waals surface area contributed by atoms with Crippen molar-refractivity contribution in [1.29, 1.82) is 0 Å². The minimum Gasteiger partial charge on any atom is -0.481 e. The summed E-state index contributed by atoms with van der Waals surface area (Å²) in [5, 5.41) is 8.16. The summed E-state index contributed by atoms with van der Waals surface area (Å²) in [7, 11) is -2.30. The van der Waals surface area contributed by atoms with E-state index in [0.29, 0.717) is 18.1 Å². The van der Waals surface area contributed by atoms with Gasteiger partial charge < -0.3 is 15.8 Å². The summed E-state index contributed by atoms with van der Waals surface area (Å²) in [5.74, 6) is 0.523. The summed E-state index contributed by atoms with van der Waals surface area (Å²) in [6.45, 7) is 0.440. The van der Waals surface area contributed by atoms with E-state index >= 15 is 0 Å². The van der Waals surface area contributed by atoms with Crippen molar-refractivity contribution in [3.05, 3.63) is 42.1 Å². The predicted octanol–water partition coefficient (Wildman–Crippen LogP) is 0.932. The van der Waals surface area contributed by atoms with E-state index in [-0.39, 0.29) is 10.6 Å². The number of aromatic nitrogens is 1. The quantitative estimate of drug-likeness (QED) is 0.707. The van der Waals surface area contributed by atoms with Gasteiger partial charge in [0, 0.05) is 18.8 Å². The third-order valence-corrected chi connectivity index (χ3v) is 3.83. The highest BCUT2D eigenvalue weighted by molar-refractivity contribution is 7.89. The smallest absolute Gasteiger partial charge is 0.240 e. The van der Waals surface area contributed by atoms with Crippen LogP contribution in [0.5, 0.6) is 5.88 Å². The zero-order valence-corrected chi connectivity index (χ0v) is 12.2. The van der Waals surface area contributed by atoms with Crippen molar-refractivity contribution in [2.75, 3.05) is 18.2 Å². The number of methoxy groups -OCH3 is 1. The van der Waals surface area contributed by atoms with Crippen molar-refractivity contribution in [3.63, 3.8) is 0 Å². The van der Waals surface area contributed by atoms with E-state index in [2.05, 4.69) is 10.3 Å². The second-order valence-electron chi connectivity index (χ2n) is 4.32. The number of pyridine rings is 1. The molecule has 0 bridgehead atoms. The molecule has 7 nitrogen and oxygen atoms in total. The van der Waals surface area contributed by atoms with Crippen LogP contribution in [0.15, 0.2) is 41.4 Å². The third-order valence-electron chi connectivity index (χ3n) is 2.86. The van der Waals surface area contributed by atoms with Gasteiger partial charge in [0.25, 0.3) is 0 Å². The Morgan fingerprint density at radius 3 is 2.62 bits per heavy atom. The minimum atomic E-state index is -3.84. The minimum absolute atomic E-state index is 0.0969. The second-order valence-corrected chi connectivity index (χ2v) is 5.85. The Labute approximate surface area is 123 Å². The number of nitrogens with two attached hydrogens (primary N) is 2. The molecule has 5 N–H and O–H groups in total. The highest BCUT2D eigenvalue weighted by Crippen LogP contribution is 2.26. The standard InChI is InChI=1S/C13H16N4O3S/c1-20-12-6-5-9(8-17-12)7-16-10-3-2-4-11(13(10)14)21(15,18)19/h2-6,8,16H,7,14H2,1H3,(H2,15,18,19). The number of nitrogens with zero attached hydrogens (tertiary/aromatic N) is 1. The number of sulfonamides is 1. The largest absolute Gasteiger partial charge is 0.481 e. The van der Waals surface area contributed by atoms with Crippen LogP contribution in [0, 0.1) is 0 Å². The van der Waals surface area contributed by atoms with Crippen molar-refractivity contribution in [2.45, 2.75) is 11.4 Å². The average Bonchev–Trinajstić information content (AvgIpc) is 2.45. The van der Waals surface area contributed by atoms with Crippen molar-refractivity contribution in [3.8, 4) is 5.88 Å². The topological polar surface area (TPSA) is 120 Å². The molecule has 21 heavy (non-hydrogen) atoms. The number of hydrogen-bond acceptors (Lipinski definition) is 6. The number of ether oxygens (including phenoxy) is 1. The van der Waals surface area contributed by atoms with Crippen LogP contribution in [0.25, 0.3) is 0 Å². The van der Waals surface area contributed by atoms with E-state index in [1.807, 2.05) is 6.07 Å². The van der Waals surface area contributed by atoms with Crippen molar-refractivity contribution >= 4 is 21.4 Å². The van der Waals surface area contributed by atoms with Gasteiger partial charge in [0.2, 0.25) is 15.9 Å². The average molecular weight is 308 g/mol. The number of nitrogen functional groups attached to an aromatic ring is 1. The molecule has 2 aromatic rings. The molecular formula is C13H16N4O3S. The van der Waals surface area contributed by atoms with E-state index < -0.39 is 10.0 Å². The first-order valence-electron chi connectivity index (χ1n) is 6.06. The molecule has 1 heterocycles. The molecule has 0 spiro atoms. The zero-order chi connectivity index (χ0) is 15.5. The molecule has 1 aromatic carbocycles. The van der Waals surface area contributed by atoms with Crippen LogP contribution in [-0.4, -0.2) is 20.5 Å². The van der Waals surface area contributed by atoms with Gasteiger partial charge in [0.1, 0.15) is 4.90 Å². The predicted molar refractivity (Wildman–Crippen MR) is 80.3 cm³/mol. The molecule has 0 atom stereocenters. The van der Waals surface area contributed by atoms with E-state index in [1.54, 1.807) is 31.5 Å². The number of primary sulfonamides is 1. The van der Waals surface area contributed by atoms with E-state index in [0.717, 1.165) is 5.56 Å². The van der Waals surface area contributed by atoms with Crippen molar-refractivity contribution in [2.24, 2.45) is 5.14 Å². The fourth-order valence-electron chi connectivity index (χ4n) is 1.78. The molecular weight excluding hydrogens is 292 g/mol. The molecule has 0 aliphatic rings. The summed E-state index contributed by atoms with van der Waals surface area (Å²) >= 11 is 0. The molecule has 0 unspecified atom stereocenters. The summed E-state index contributed by atoms with van der Waals surface area (Å²) in [4.78, 5) is 3.98. The molecule has 0 fully saturated rings. The van der Waals surface area contributed by atoms with Gasteiger partial charge in [-0.15, -0.1) is 0 Å². The number of benzene rings is 1. The maximum absolute atomic E-state index is 11.4. The van der Waals surface area contributed by atoms with Crippen LogP contribution in [-0.2, 0) is 16.6 Å². The molecule has 0 saturated heterocycles. The highest BCUT2D eigenvalue weighted by Gasteiger charge is 2.14. The van der Waals surface area contributed by atoms with Gasteiger partial charge in [-0.25, -0.2) is 18.5 Å². The van der Waals surface area contributed by atoms with Crippen LogP contribution in [0.2, 0.25) is 0 Å². The van der Waals surface area contributed by atoms with Crippen LogP contribution in [0.1, 0.15) is 5.56 Å². The first-order valence-corrected chi connectivity index (χ1v) is 7.60. The SMILES string of the molecule is COc1ccc(CNc2cccc(S(N)(=O)=O)c2N)cn1. The summed E-state index contributed by atoms with van der Waals surface area (Å²) in [6, 6.07) is 8.20.